The van der Waals surface area contributed by atoms with Crippen molar-refractivity contribution in [3.8, 4) is 0 Å². The second-order valence-electron chi connectivity index (χ2n) is 10.4. The molecule has 2 amide bonds. The van der Waals surface area contributed by atoms with Crippen molar-refractivity contribution in [1.29, 1.82) is 0 Å². The van der Waals surface area contributed by atoms with Gasteiger partial charge in [0.15, 0.2) is 9.84 Å². The minimum absolute atomic E-state index is 0.0105. The summed E-state index contributed by atoms with van der Waals surface area (Å²) >= 11 is 0. The van der Waals surface area contributed by atoms with Crippen LogP contribution in [0.5, 0.6) is 0 Å². The predicted molar refractivity (Wildman–Crippen MR) is 126 cm³/mol. The van der Waals surface area contributed by atoms with Gasteiger partial charge < -0.3 is 10.2 Å². The van der Waals surface area contributed by atoms with Crippen LogP contribution in [0.4, 0.5) is 17.6 Å². The number of nitrogens with one attached hydrogen (secondary N) is 1. The Morgan fingerprint density at radius 2 is 1.81 bits per heavy atom. The van der Waals surface area contributed by atoms with E-state index in [-0.39, 0.29) is 39.7 Å². The van der Waals surface area contributed by atoms with Crippen molar-refractivity contribution in [1.82, 2.24) is 10.2 Å². The van der Waals surface area contributed by atoms with Crippen molar-refractivity contribution in [2.24, 2.45) is 23.7 Å². The fourth-order valence-electron chi connectivity index (χ4n) is 5.56. The zero-order valence-corrected chi connectivity index (χ0v) is 20.9. The van der Waals surface area contributed by atoms with Crippen LogP contribution in [0.2, 0.25) is 0 Å². The van der Waals surface area contributed by atoms with Crippen LogP contribution in [-0.2, 0) is 20.8 Å². The van der Waals surface area contributed by atoms with Crippen LogP contribution in [0.3, 0.4) is 0 Å². The normalized spacial score (nSPS) is 25.9. The van der Waals surface area contributed by atoms with E-state index in [1.807, 2.05) is 6.92 Å². The number of carbonyl (C=O) groups is 2. The Morgan fingerprint density at radius 1 is 1.11 bits per heavy atom. The van der Waals surface area contributed by atoms with E-state index in [2.05, 4.69) is 5.32 Å². The maximum Gasteiger partial charge on any atom is 0.416 e. The molecule has 0 unspecified atom stereocenters. The number of amides is 2. The molecule has 2 aliphatic carbocycles. The van der Waals surface area contributed by atoms with Crippen molar-refractivity contribution < 1.29 is 35.6 Å². The molecule has 0 radical (unpaired) electrons. The lowest BCUT2D eigenvalue weighted by molar-refractivity contribution is -0.137. The van der Waals surface area contributed by atoms with Gasteiger partial charge >= 0.3 is 6.18 Å². The van der Waals surface area contributed by atoms with Crippen molar-refractivity contribution >= 4 is 21.7 Å². The third-order valence-corrected chi connectivity index (χ3v) is 8.95. The largest absolute Gasteiger partial charge is 0.416 e. The summed E-state index contributed by atoms with van der Waals surface area (Å²) in [5.74, 6) is -1.90. The molecule has 2 aromatic rings. The molecule has 1 aliphatic heterocycles. The van der Waals surface area contributed by atoms with E-state index in [0.29, 0.717) is 25.5 Å². The Bertz CT molecular complexity index is 1370. The standard InChI is InChI=1S/C26H26F4N2O4S/c1-13-19-12-32(25(34)15-4-3-5-17(10-15)37(2,35)36)23(21(13)19)24(33)31-22(14-6-7-14)18-9-8-16(11-20(18)27)26(28,29)30/h3-5,8-11,13-14,19,21-23H,6-7,12H2,1-2H3,(H,31,33)/t13-,19+,21-,22-,23-/m1/s1. The molecule has 5 atom stereocenters. The third kappa shape index (κ3) is 4.85. The van der Waals surface area contributed by atoms with Gasteiger partial charge in [-0.05, 0) is 66.8 Å². The monoisotopic (exact) mass is 538 g/mol. The molecular weight excluding hydrogens is 512 g/mol. The van der Waals surface area contributed by atoms with Gasteiger partial charge in [-0.25, -0.2) is 12.8 Å². The van der Waals surface area contributed by atoms with Crippen molar-refractivity contribution in [2.75, 3.05) is 12.8 Å². The lowest BCUT2D eigenvalue weighted by Crippen LogP contribution is -2.50. The van der Waals surface area contributed by atoms with Crippen LogP contribution in [0.1, 0.15) is 47.3 Å². The average molecular weight is 539 g/mol. The van der Waals surface area contributed by atoms with Crippen LogP contribution >= 0.6 is 0 Å². The van der Waals surface area contributed by atoms with Gasteiger partial charge in [-0.1, -0.05) is 19.1 Å². The average Bonchev–Trinajstić information content (AvgIpc) is 3.73. The number of sulfone groups is 1. The molecule has 0 aromatic heterocycles. The molecule has 198 valence electrons. The Morgan fingerprint density at radius 3 is 2.41 bits per heavy atom. The Labute approximate surface area is 212 Å². The number of halogens is 4. The highest BCUT2D eigenvalue weighted by molar-refractivity contribution is 7.90. The van der Waals surface area contributed by atoms with Gasteiger partial charge in [0.1, 0.15) is 11.9 Å². The predicted octanol–water partition coefficient (Wildman–Crippen LogP) is 4.22. The lowest BCUT2D eigenvalue weighted by atomic mass is 9.98. The first-order chi connectivity index (χ1) is 17.3. The summed E-state index contributed by atoms with van der Waals surface area (Å²) in [5, 5.41) is 2.84. The number of hydrogen-bond donors (Lipinski definition) is 1. The molecule has 2 aromatic carbocycles. The molecule has 1 N–H and O–H groups in total. The van der Waals surface area contributed by atoms with Crippen molar-refractivity contribution in [3.63, 3.8) is 0 Å². The molecule has 1 saturated heterocycles. The van der Waals surface area contributed by atoms with Crippen LogP contribution in [0, 0.1) is 29.5 Å². The molecule has 37 heavy (non-hydrogen) atoms. The van der Waals surface area contributed by atoms with E-state index in [4.69, 9.17) is 0 Å². The number of fused-ring (bicyclic) bond motifs is 1. The van der Waals surface area contributed by atoms with Gasteiger partial charge in [-0.15, -0.1) is 0 Å². The number of rotatable bonds is 6. The van der Waals surface area contributed by atoms with Gasteiger partial charge in [0.2, 0.25) is 5.91 Å². The number of carbonyl (C=O) groups excluding carboxylic acids is 2. The van der Waals surface area contributed by atoms with Crippen LogP contribution in [0.25, 0.3) is 0 Å². The first kappa shape index (κ1) is 25.7. The number of likely N-dealkylation sites (tertiary alicyclic amines) is 1. The van der Waals surface area contributed by atoms with Crippen LogP contribution < -0.4 is 5.32 Å². The highest BCUT2D eigenvalue weighted by Gasteiger charge is 2.62. The fraction of sp³-hybridized carbons (Fsp3) is 0.462. The van der Waals surface area contributed by atoms with Gasteiger partial charge in [-0.2, -0.15) is 13.2 Å². The van der Waals surface area contributed by atoms with E-state index < -0.39 is 51.3 Å². The van der Waals surface area contributed by atoms with E-state index in [0.717, 1.165) is 18.4 Å². The topological polar surface area (TPSA) is 83.6 Å². The molecule has 5 rings (SSSR count). The fourth-order valence-corrected chi connectivity index (χ4v) is 6.23. The van der Waals surface area contributed by atoms with Crippen molar-refractivity contribution in [2.45, 2.75) is 42.9 Å². The Hall–Kier alpha value is -2.95. The highest BCUT2D eigenvalue weighted by Crippen LogP contribution is 2.55. The number of hydrogen-bond acceptors (Lipinski definition) is 4. The van der Waals surface area contributed by atoms with Crippen molar-refractivity contribution in [3.05, 3.63) is 65.0 Å². The highest BCUT2D eigenvalue weighted by atomic mass is 32.2. The zero-order valence-electron chi connectivity index (χ0n) is 20.1. The van der Waals surface area contributed by atoms with Gasteiger partial charge in [0, 0.05) is 23.9 Å². The van der Waals surface area contributed by atoms with Gasteiger partial charge in [-0.3, -0.25) is 9.59 Å². The van der Waals surface area contributed by atoms with Gasteiger partial charge in [0.25, 0.3) is 5.91 Å². The third-order valence-electron chi connectivity index (χ3n) is 7.84. The second-order valence-corrected chi connectivity index (χ2v) is 12.4. The maximum absolute atomic E-state index is 14.8. The summed E-state index contributed by atoms with van der Waals surface area (Å²) in [6, 6.07) is 6.29. The molecule has 3 fully saturated rings. The molecule has 11 heteroatoms. The summed E-state index contributed by atoms with van der Waals surface area (Å²) in [6.07, 6.45) is -2.26. The summed E-state index contributed by atoms with van der Waals surface area (Å²) < 4.78 is 77.7. The zero-order chi connectivity index (χ0) is 26.9. The molecule has 0 spiro atoms. The lowest BCUT2D eigenvalue weighted by Gasteiger charge is -2.30. The molecule has 2 saturated carbocycles. The number of nitrogens with zero attached hydrogens (tertiary/aromatic N) is 1. The Kier molecular flexibility index (Phi) is 6.12. The SMILES string of the molecule is C[C@@H]1[C@@H]2CN(C(=O)c3cccc(S(C)(=O)=O)c3)[C@@H](C(=O)N[C@@H](c3ccc(C(F)(F)F)cc3F)C3CC3)[C@H]12. The maximum atomic E-state index is 14.8. The number of piperidine rings is 1. The molecular formula is C26H26F4N2O4S. The molecule has 1 heterocycles. The second kappa shape index (κ2) is 8.82. The van der Waals surface area contributed by atoms with E-state index in [1.165, 1.54) is 29.2 Å². The number of benzene rings is 2. The van der Waals surface area contributed by atoms with E-state index in [9.17, 15) is 35.6 Å². The summed E-state index contributed by atoms with van der Waals surface area (Å²) in [5.41, 5.74) is -0.976. The molecule has 0 bridgehead atoms. The molecule has 6 nitrogen and oxygen atoms in total. The number of alkyl halides is 3. The first-order valence-electron chi connectivity index (χ1n) is 12.1. The minimum Gasteiger partial charge on any atom is -0.347 e. The summed E-state index contributed by atoms with van der Waals surface area (Å²) in [6.45, 7) is 2.31. The van der Waals surface area contributed by atoms with Crippen LogP contribution in [-0.4, -0.2) is 44.0 Å². The minimum atomic E-state index is -4.69. The summed E-state index contributed by atoms with van der Waals surface area (Å²) in [7, 11) is -3.54. The van der Waals surface area contributed by atoms with E-state index >= 15 is 0 Å². The molecule has 3 aliphatic rings. The van der Waals surface area contributed by atoms with E-state index in [1.54, 1.807) is 0 Å². The van der Waals surface area contributed by atoms with Crippen LogP contribution in [0.15, 0.2) is 47.4 Å². The first-order valence-corrected chi connectivity index (χ1v) is 13.9. The quantitative estimate of drug-likeness (QED) is 0.559. The smallest absolute Gasteiger partial charge is 0.347 e. The van der Waals surface area contributed by atoms with Gasteiger partial charge in [0.05, 0.1) is 16.5 Å². The Balaban J connectivity index is 1.40. The summed E-state index contributed by atoms with van der Waals surface area (Å²) in [4.78, 5) is 28.4.